The van der Waals surface area contributed by atoms with Crippen LogP contribution in [0.2, 0.25) is 0 Å². The van der Waals surface area contributed by atoms with Crippen LogP contribution in [0.5, 0.6) is 0 Å². The third-order valence-electron chi connectivity index (χ3n) is 11.5. The van der Waals surface area contributed by atoms with Crippen molar-refractivity contribution >= 4 is 35.8 Å². The number of ether oxygens (including phenoxy) is 10. The van der Waals surface area contributed by atoms with E-state index in [9.17, 15) is 28.8 Å². The number of rotatable bonds is 12. The predicted molar refractivity (Wildman–Crippen MR) is 243 cm³/mol. The van der Waals surface area contributed by atoms with Crippen LogP contribution in [0.1, 0.15) is 62.1 Å². The molecule has 0 aromatic heterocycles. The molecule has 0 amide bonds. The van der Waals surface area contributed by atoms with Crippen molar-refractivity contribution in [3.63, 3.8) is 0 Å². The number of benzene rings is 6. The van der Waals surface area contributed by atoms with Crippen LogP contribution in [0, 0.1) is 0 Å². The fourth-order valence-corrected chi connectivity index (χ4v) is 8.07. The van der Waals surface area contributed by atoms with E-state index in [1.807, 2.05) is 0 Å². The molecule has 70 heavy (non-hydrogen) atoms. The Labute approximate surface area is 400 Å². The lowest BCUT2D eigenvalue weighted by molar-refractivity contribution is -0.228. The second-order valence-corrected chi connectivity index (χ2v) is 16.2. The Morgan fingerprint density at radius 2 is 0.486 bits per heavy atom. The maximum absolute atomic E-state index is 13.0. The van der Waals surface area contributed by atoms with Gasteiger partial charge in [-0.15, -0.1) is 0 Å². The molecule has 0 unspecified atom stereocenters. The molecule has 0 saturated carbocycles. The maximum atomic E-state index is 13.0. The summed E-state index contributed by atoms with van der Waals surface area (Å²) >= 11 is 0. The molecule has 4 aliphatic rings. The second-order valence-electron chi connectivity index (χ2n) is 16.2. The van der Waals surface area contributed by atoms with Gasteiger partial charge in [0, 0.05) is 0 Å². The smallest absolute Gasteiger partial charge is 0.338 e. The maximum Gasteiger partial charge on any atom is 0.338 e. The number of esters is 6. The van der Waals surface area contributed by atoms with Gasteiger partial charge < -0.3 is 47.4 Å². The first-order chi connectivity index (χ1) is 34.2. The van der Waals surface area contributed by atoms with E-state index in [2.05, 4.69) is 0 Å². The first kappa shape index (κ1) is 47.1. The molecule has 4 heterocycles. The summed E-state index contributed by atoms with van der Waals surface area (Å²) in [5, 5.41) is 0. The van der Waals surface area contributed by atoms with Crippen molar-refractivity contribution in [2.45, 2.75) is 61.4 Å². The zero-order valence-corrected chi connectivity index (χ0v) is 37.0. The van der Waals surface area contributed by atoms with Crippen molar-refractivity contribution in [1.29, 1.82) is 0 Å². The zero-order chi connectivity index (χ0) is 48.4. The SMILES string of the molecule is O=C(O[C@@H]1[C@@H](OC(=O)c2ccccc2)[C@@H]2OC[C@@H](O2)[C@H]1OC(=O)c1ccccc1)c1ccccc1.O=C(O[C@@H]1[C@@H](OC(=O)c2ccccc2)[C@@H]2OC[C@@H](O2)[C@H]1OC(=O)c1ccccc1)c1ccccc1. The molecule has 0 spiro atoms. The van der Waals surface area contributed by atoms with Crippen molar-refractivity contribution in [1.82, 2.24) is 0 Å². The number of hydrogen-bond acceptors (Lipinski definition) is 16. The van der Waals surface area contributed by atoms with Crippen molar-refractivity contribution in [2.75, 3.05) is 13.2 Å². The Bertz CT molecular complexity index is 2420. The highest BCUT2D eigenvalue weighted by Crippen LogP contribution is 2.37. The topological polar surface area (TPSA) is 195 Å². The Balaban J connectivity index is 0.000000174. The lowest BCUT2D eigenvalue weighted by Crippen LogP contribution is -2.58. The number of carbonyl (C=O) groups is 6. The molecule has 16 nitrogen and oxygen atoms in total. The van der Waals surface area contributed by atoms with E-state index in [1.54, 1.807) is 182 Å². The first-order valence-electron chi connectivity index (χ1n) is 22.3. The number of hydrogen-bond donors (Lipinski definition) is 0. The van der Waals surface area contributed by atoms with E-state index in [0.29, 0.717) is 33.4 Å². The van der Waals surface area contributed by atoms with Gasteiger partial charge in [0.1, 0.15) is 12.2 Å². The lowest BCUT2D eigenvalue weighted by Gasteiger charge is -2.39. The minimum atomic E-state index is -1.16. The molecule has 6 aromatic rings. The van der Waals surface area contributed by atoms with Gasteiger partial charge >= 0.3 is 35.8 Å². The Kier molecular flexibility index (Phi) is 14.8. The largest absolute Gasteiger partial charge is 0.452 e. The Morgan fingerprint density at radius 3 is 0.714 bits per heavy atom. The van der Waals surface area contributed by atoms with Gasteiger partial charge in [0.25, 0.3) is 0 Å². The highest BCUT2D eigenvalue weighted by Gasteiger charge is 2.58. The van der Waals surface area contributed by atoms with Crippen molar-refractivity contribution < 1.29 is 76.1 Å². The molecule has 356 valence electrons. The molecule has 4 bridgehead atoms. The van der Waals surface area contributed by atoms with E-state index in [0.717, 1.165) is 0 Å². The van der Waals surface area contributed by atoms with Crippen LogP contribution in [-0.2, 0) is 47.4 Å². The summed E-state index contributed by atoms with van der Waals surface area (Å²) in [5.74, 6) is -3.86. The van der Waals surface area contributed by atoms with Crippen LogP contribution in [0.15, 0.2) is 182 Å². The standard InChI is InChI=1S/2C27H22O8/c2*28-24(17-10-4-1-5-11-17)33-21-20-16-31-27(32-20)23(35-26(30)19-14-8-3-9-15-19)22(21)34-25(29)18-12-6-2-7-13-18/h2*1-15,20-23,27H,16H2/t2*20-,21-,22+,23-,27-/m11/s1. The molecule has 6 aromatic carbocycles. The molecular weight excluding hydrogens is 905 g/mol. The molecule has 4 aliphatic heterocycles. The van der Waals surface area contributed by atoms with Gasteiger partial charge in [-0.1, -0.05) is 109 Å². The summed E-state index contributed by atoms with van der Waals surface area (Å²) in [6.45, 7) is 0.159. The molecule has 0 N–H and O–H groups in total. The van der Waals surface area contributed by atoms with E-state index >= 15 is 0 Å². The zero-order valence-electron chi connectivity index (χ0n) is 37.0. The van der Waals surface area contributed by atoms with Gasteiger partial charge in [0.15, 0.2) is 49.2 Å². The van der Waals surface area contributed by atoms with E-state index in [-0.39, 0.29) is 13.2 Å². The quantitative estimate of drug-likeness (QED) is 0.0913. The van der Waals surface area contributed by atoms with Gasteiger partial charge in [0.2, 0.25) is 0 Å². The van der Waals surface area contributed by atoms with E-state index < -0.39 is 97.2 Å². The molecular formula is C54H44O16. The van der Waals surface area contributed by atoms with Crippen LogP contribution in [0.4, 0.5) is 0 Å². The average molecular weight is 949 g/mol. The third-order valence-corrected chi connectivity index (χ3v) is 11.5. The van der Waals surface area contributed by atoms with Gasteiger partial charge in [-0.05, 0) is 72.8 Å². The minimum absolute atomic E-state index is 0.0795. The molecule has 16 heteroatoms. The van der Waals surface area contributed by atoms with E-state index in [4.69, 9.17) is 47.4 Å². The lowest BCUT2D eigenvalue weighted by atomic mass is 9.99. The molecule has 4 fully saturated rings. The molecule has 0 radical (unpaired) electrons. The van der Waals surface area contributed by atoms with Crippen LogP contribution < -0.4 is 0 Å². The Morgan fingerprint density at radius 1 is 0.286 bits per heavy atom. The van der Waals surface area contributed by atoms with Gasteiger partial charge in [0.05, 0.1) is 46.6 Å². The highest BCUT2D eigenvalue weighted by atomic mass is 16.8. The minimum Gasteiger partial charge on any atom is -0.452 e. The molecule has 10 atom stereocenters. The summed E-state index contributed by atoms with van der Waals surface area (Å²) in [7, 11) is 0. The van der Waals surface area contributed by atoms with Crippen LogP contribution in [-0.4, -0.2) is 110 Å². The summed E-state index contributed by atoms with van der Waals surface area (Å²) in [6, 6.07) is 50.3. The third kappa shape index (κ3) is 11.0. The van der Waals surface area contributed by atoms with Gasteiger partial charge in [-0.25, -0.2) is 28.8 Å². The average Bonchev–Trinajstić information content (AvgIpc) is 4.07. The van der Waals surface area contributed by atoms with Gasteiger partial charge in [-0.2, -0.15) is 0 Å². The van der Waals surface area contributed by atoms with E-state index in [1.165, 1.54) is 0 Å². The number of carbonyl (C=O) groups excluding carboxylic acids is 6. The number of fused-ring (bicyclic) bond motifs is 4. The molecule has 0 aliphatic carbocycles. The molecule has 4 saturated heterocycles. The fraction of sp³-hybridized carbons (Fsp3) is 0.222. The summed E-state index contributed by atoms with van der Waals surface area (Å²) < 4.78 is 57.6. The van der Waals surface area contributed by atoms with Gasteiger partial charge in [-0.3, -0.25) is 0 Å². The monoisotopic (exact) mass is 948 g/mol. The highest BCUT2D eigenvalue weighted by molar-refractivity contribution is 5.92. The summed E-state index contributed by atoms with van der Waals surface area (Å²) in [4.78, 5) is 77.4. The van der Waals surface area contributed by atoms with Crippen molar-refractivity contribution in [2.24, 2.45) is 0 Å². The first-order valence-corrected chi connectivity index (χ1v) is 22.3. The summed E-state index contributed by atoms with van der Waals surface area (Å²) in [6.07, 6.45) is -10.1. The predicted octanol–water partition coefficient (Wildman–Crippen LogP) is 6.84. The second kappa shape index (κ2) is 21.9. The van der Waals surface area contributed by atoms with Crippen LogP contribution >= 0.6 is 0 Å². The summed E-state index contributed by atoms with van der Waals surface area (Å²) in [5.41, 5.74) is 1.85. The van der Waals surface area contributed by atoms with Crippen molar-refractivity contribution in [3.05, 3.63) is 215 Å². The van der Waals surface area contributed by atoms with Crippen LogP contribution in [0.3, 0.4) is 0 Å². The van der Waals surface area contributed by atoms with Crippen LogP contribution in [0.25, 0.3) is 0 Å². The molecule has 10 rings (SSSR count). The Hall–Kier alpha value is -8.02. The normalized spacial score (nSPS) is 24.9. The fourth-order valence-electron chi connectivity index (χ4n) is 8.07. The van der Waals surface area contributed by atoms with Crippen molar-refractivity contribution in [3.8, 4) is 0 Å².